The van der Waals surface area contributed by atoms with Gasteiger partial charge in [0.15, 0.2) is 0 Å². The highest BCUT2D eigenvalue weighted by atomic mass is 16.3. The quantitative estimate of drug-likeness (QED) is 0.890. The number of carbonyl (C=O) groups excluding carboxylic acids is 1. The predicted molar refractivity (Wildman–Crippen MR) is 70.5 cm³/mol. The molecule has 1 unspecified atom stereocenters. The van der Waals surface area contributed by atoms with Crippen molar-refractivity contribution in [2.75, 3.05) is 19.6 Å². The second kappa shape index (κ2) is 6.05. The molecule has 4 nitrogen and oxygen atoms in total. The molecule has 0 radical (unpaired) electrons. The Balaban J connectivity index is 2.01. The Hall–Kier alpha value is -1.29. The lowest BCUT2D eigenvalue weighted by Crippen LogP contribution is -2.44. The first kappa shape index (κ1) is 13.1. The van der Waals surface area contributed by atoms with E-state index in [1.165, 1.54) is 19.1 Å². The Bertz CT molecular complexity index is 367. The molecule has 0 saturated carbocycles. The van der Waals surface area contributed by atoms with Crippen LogP contribution in [-0.4, -0.2) is 36.5 Å². The fourth-order valence-electron chi connectivity index (χ4n) is 2.44. The minimum Gasteiger partial charge on any atom is -0.472 e. The normalized spacial score (nSPS) is 20.1. The van der Waals surface area contributed by atoms with E-state index < -0.39 is 0 Å². The highest BCUT2D eigenvalue weighted by molar-refractivity contribution is 5.94. The Morgan fingerprint density at radius 1 is 1.61 bits per heavy atom. The monoisotopic (exact) mass is 250 g/mol. The molecular formula is C14H22N2O2. The third kappa shape index (κ3) is 3.13. The van der Waals surface area contributed by atoms with E-state index in [9.17, 15) is 4.79 Å². The van der Waals surface area contributed by atoms with Gasteiger partial charge in [-0.15, -0.1) is 0 Å². The van der Waals surface area contributed by atoms with E-state index in [2.05, 4.69) is 19.2 Å². The number of furan rings is 1. The molecule has 1 saturated heterocycles. The number of piperidine rings is 1. The second-order valence-corrected chi connectivity index (χ2v) is 5.28. The zero-order valence-corrected chi connectivity index (χ0v) is 11.2. The summed E-state index contributed by atoms with van der Waals surface area (Å²) < 4.78 is 5.00. The third-order valence-electron chi connectivity index (χ3n) is 3.51. The smallest absolute Gasteiger partial charge is 0.257 e. The molecule has 1 aromatic rings. The van der Waals surface area contributed by atoms with Gasteiger partial charge >= 0.3 is 0 Å². The average Bonchev–Trinajstić information content (AvgIpc) is 2.90. The lowest BCUT2D eigenvalue weighted by Gasteiger charge is -2.32. The van der Waals surface area contributed by atoms with E-state index in [0.29, 0.717) is 11.5 Å². The molecule has 1 atom stereocenters. The maximum Gasteiger partial charge on any atom is 0.257 e. The Morgan fingerprint density at radius 3 is 3.00 bits per heavy atom. The van der Waals surface area contributed by atoms with Crippen molar-refractivity contribution in [3.8, 4) is 0 Å². The number of nitrogens with one attached hydrogen (secondary N) is 1. The first-order valence-electron chi connectivity index (χ1n) is 6.72. The molecule has 1 amide bonds. The molecule has 0 aliphatic carbocycles. The van der Waals surface area contributed by atoms with Crippen LogP contribution >= 0.6 is 0 Å². The highest BCUT2D eigenvalue weighted by Gasteiger charge is 2.24. The average molecular weight is 250 g/mol. The highest BCUT2D eigenvalue weighted by Crippen LogP contribution is 2.16. The van der Waals surface area contributed by atoms with Crippen LogP contribution in [0.15, 0.2) is 23.0 Å². The van der Waals surface area contributed by atoms with Crippen LogP contribution < -0.4 is 5.32 Å². The minimum atomic E-state index is 0.0734. The zero-order chi connectivity index (χ0) is 13.0. The minimum absolute atomic E-state index is 0.0734. The largest absolute Gasteiger partial charge is 0.472 e. The number of rotatable bonds is 4. The molecule has 18 heavy (non-hydrogen) atoms. The van der Waals surface area contributed by atoms with Crippen LogP contribution in [-0.2, 0) is 0 Å². The van der Waals surface area contributed by atoms with Crippen LogP contribution in [0.5, 0.6) is 0 Å². The van der Waals surface area contributed by atoms with E-state index in [1.54, 1.807) is 12.3 Å². The van der Waals surface area contributed by atoms with Crippen LogP contribution in [0.1, 0.15) is 37.0 Å². The molecule has 100 valence electrons. The maximum absolute atomic E-state index is 12.4. The fraction of sp³-hybridized carbons (Fsp3) is 0.643. The van der Waals surface area contributed by atoms with Gasteiger partial charge in [-0.1, -0.05) is 0 Å². The summed E-state index contributed by atoms with van der Waals surface area (Å²) >= 11 is 0. The summed E-state index contributed by atoms with van der Waals surface area (Å²) in [6, 6.07) is 1.95. The molecule has 1 aliphatic rings. The first-order chi connectivity index (χ1) is 8.68. The van der Waals surface area contributed by atoms with Gasteiger partial charge in [-0.3, -0.25) is 4.79 Å². The van der Waals surface area contributed by atoms with Crippen LogP contribution in [0.25, 0.3) is 0 Å². The molecule has 1 N–H and O–H groups in total. The zero-order valence-electron chi connectivity index (χ0n) is 11.2. The number of amides is 1. The summed E-state index contributed by atoms with van der Waals surface area (Å²) in [7, 11) is 0. The maximum atomic E-state index is 12.4. The van der Waals surface area contributed by atoms with Crippen LogP contribution in [0.3, 0.4) is 0 Å². The SMILES string of the molecule is CC(C)N(CC1CCCNC1)C(=O)c1ccoc1. The number of carbonyl (C=O) groups is 1. The summed E-state index contributed by atoms with van der Waals surface area (Å²) in [5.41, 5.74) is 0.646. The number of hydrogen-bond acceptors (Lipinski definition) is 3. The molecule has 4 heteroatoms. The Labute approximate surface area is 108 Å². The summed E-state index contributed by atoms with van der Waals surface area (Å²) in [6.45, 7) is 7.08. The van der Waals surface area contributed by atoms with Crippen molar-refractivity contribution < 1.29 is 9.21 Å². The number of nitrogens with zero attached hydrogens (tertiary/aromatic N) is 1. The van der Waals surface area contributed by atoms with Gasteiger partial charge in [-0.2, -0.15) is 0 Å². The molecule has 0 aromatic carbocycles. The molecular weight excluding hydrogens is 228 g/mol. The lowest BCUT2D eigenvalue weighted by atomic mass is 9.98. The standard InChI is InChI=1S/C14H22N2O2/c1-11(2)16(9-12-4-3-6-15-8-12)14(17)13-5-7-18-10-13/h5,7,10-12,15H,3-4,6,8-9H2,1-2H3. The van der Waals surface area contributed by atoms with Gasteiger partial charge in [-0.05, 0) is 51.8 Å². The van der Waals surface area contributed by atoms with Crippen molar-refractivity contribution in [3.05, 3.63) is 24.2 Å². The van der Waals surface area contributed by atoms with Gasteiger partial charge in [0, 0.05) is 12.6 Å². The molecule has 2 rings (SSSR count). The lowest BCUT2D eigenvalue weighted by molar-refractivity contribution is 0.0660. The molecule has 2 heterocycles. The summed E-state index contributed by atoms with van der Waals surface area (Å²) in [4.78, 5) is 14.3. The van der Waals surface area contributed by atoms with Crippen LogP contribution in [0.4, 0.5) is 0 Å². The number of hydrogen-bond donors (Lipinski definition) is 1. The summed E-state index contributed by atoms with van der Waals surface area (Å²) in [5.74, 6) is 0.640. The van der Waals surface area contributed by atoms with Gasteiger partial charge in [0.1, 0.15) is 6.26 Å². The van der Waals surface area contributed by atoms with E-state index in [4.69, 9.17) is 4.42 Å². The van der Waals surface area contributed by atoms with Crippen molar-refractivity contribution >= 4 is 5.91 Å². The fourth-order valence-corrected chi connectivity index (χ4v) is 2.44. The van der Waals surface area contributed by atoms with Crippen LogP contribution in [0, 0.1) is 5.92 Å². The summed E-state index contributed by atoms with van der Waals surface area (Å²) in [5, 5.41) is 3.40. The molecule has 0 bridgehead atoms. The van der Waals surface area contributed by atoms with E-state index in [0.717, 1.165) is 19.6 Å². The van der Waals surface area contributed by atoms with Gasteiger partial charge in [0.2, 0.25) is 0 Å². The Kier molecular flexibility index (Phi) is 4.42. The van der Waals surface area contributed by atoms with E-state index in [1.807, 2.05) is 4.90 Å². The second-order valence-electron chi connectivity index (χ2n) is 5.28. The molecule has 1 fully saturated rings. The molecule has 0 spiro atoms. The predicted octanol–water partition coefficient (Wildman–Crippen LogP) is 2.13. The van der Waals surface area contributed by atoms with Crippen molar-refractivity contribution in [1.29, 1.82) is 0 Å². The van der Waals surface area contributed by atoms with E-state index >= 15 is 0 Å². The molecule has 1 aliphatic heterocycles. The molecule has 1 aromatic heterocycles. The van der Waals surface area contributed by atoms with Crippen LogP contribution in [0.2, 0.25) is 0 Å². The van der Waals surface area contributed by atoms with Gasteiger partial charge in [0.25, 0.3) is 5.91 Å². The summed E-state index contributed by atoms with van der Waals surface area (Å²) in [6.07, 6.45) is 5.48. The van der Waals surface area contributed by atoms with Crippen molar-refractivity contribution in [2.45, 2.75) is 32.7 Å². The van der Waals surface area contributed by atoms with Crippen molar-refractivity contribution in [1.82, 2.24) is 10.2 Å². The first-order valence-corrected chi connectivity index (χ1v) is 6.72. The van der Waals surface area contributed by atoms with Gasteiger partial charge in [-0.25, -0.2) is 0 Å². The van der Waals surface area contributed by atoms with Crippen molar-refractivity contribution in [3.63, 3.8) is 0 Å². The Morgan fingerprint density at radius 2 is 2.44 bits per heavy atom. The van der Waals surface area contributed by atoms with Crippen molar-refractivity contribution in [2.24, 2.45) is 5.92 Å². The van der Waals surface area contributed by atoms with Gasteiger partial charge in [0.05, 0.1) is 11.8 Å². The van der Waals surface area contributed by atoms with E-state index in [-0.39, 0.29) is 11.9 Å². The topological polar surface area (TPSA) is 45.5 Å². The van der Waals surface area contributed by atoms with Gasteiger partial charge < -0.3 is 14.6 Å². The third-order valence-corrected chi connectivity index (χ3v) is 3.51.